The predicted octanol–water partition coefficient (Wildman–Crippen LogP) is 0.286. The van der Waals surface area contributed by atoms with Crippen LogP contribution < -0.4 is 0 Å². The van der Waals surface area contributed by atoms with Gasteiger partial charge in [0.15, 0.2) is 5.79 Å². The van der Waals surface area contributed by atoms with Gasteiger partial charge >= 0.3 is 0 Å². The maximum atomic E-state index is 9.04. The van der Waals surface area contributed by atoms with E-state index >= 15 is 0 Å². The van der Waals surface area contributed by atoms with Crippen LogP contribution >= 0.6 is 0 Å². The SMILES string of the molecule is CC1O[C@H](CO)[C@H]2OC(C)(C)O[C@@H]12. The van der Waals surface area contributed by atoms with Gasteiger partial charge in [-0.15, -0.1) is 0 Å². The zero-order valence-electron chi connectivity index (χ0n) is 8.19. The highest BCUT2D eigenvalue weighted by Crippen LogP contribution is 2.38. The number of hydrogen-bond donors (Lipinski definition) is 1. The zero-order chi connectivity index (χ0) is 9.64. The highest BCUT2D eigenvalue weighted by molar-refractivity contribution is 4.96. The van der Waals surface area contributed by atoms with Crippen molar-refractivity contribution in [1.82, 2.24) is 0 Å². The molecule has 0 saturated carbocycles. The summed E-state index contributed by atoms with van der Waals surface area (Å²) in [4.78, 5) is 0. The fourth-order valence-corrected chi connectivity index (χ4v) is 2.05. The van der Waals surface area contributed by atoms with Crippen molar-refractivity contribution < 1.29 is 19.3 Å². The largest absolute Gasteiger partial charge is 0.394 e. The summed E-state index contributed by atoms with van der Waals surface area (Å²) in [6, 6.07) is 0. The van der Waals surface area contributed by atoms with E-state index in [0.717, 1.165) is 0 Å². The number of rotatable bonds is 1. The summed E-state index contributed by atoms with van der Waals surface area (Å²) in [6.45, 7) is 5.70. The second-order valence-corrected chi connectivity index (χ2v) is 4.13. The molecule has 0 aromatic rings. The lowest BCUT2D eigenvalue weighted by atomic mass is 10.1. The van der Waals surface area contributed by atoms with Crippen LogP contribution in [0.3, 0.4) is 0 Å². The summed E-state index contributed by atoms with van der Waals surface area (Å²) in [5, 5.41) is 9.04. The summed E-state index contributed by atoms with van der Waals surface area (Å²) in [6.07, 6.45) is -0.382. The topological polar surface area (TPSA) is 47.9 Å². The Morgan fingerprint density at radius 3 is 2.46 bits per heavy atom. The van der Waals surface area contributed by atoms with Crippen molar-refractivity contribution in [3.05, 3.63) is 0 Å². The van der Waals surface area contributed by atoms with Crippen LogP contribution in [0.2, 0.25) is 0 Å². The minimum atomic E-state index is -0.541. The van der Waals surface area contributed by atoms with E-state index in [1.807, 2.05) is 20.8 Å². The smallest absolute Gasteiger partial charge is 0.164 e. The van der Waals surface area contributed by atoms with E-state index < -0.39 is 5.79 Å². The van der Waals surface area contributed by atoms with Crippen molar-refractivity contribution >= 4 is 0 Å². The third-order valence-corrected chi connectivity index (χ3v) is 2.56. The molecule has 2 heterocycles. The van der Waals surface area contributed by atoms with Crippen LogP contribution in [0, 0.1) is 0 Å². The molecule has 0 radical (unpaired) electrons. The third-order valence-electron chi connectivity index (χ3n) is 2.56. The van der Waals surface area contributed by atoms with Gasteiger partial charge in [-0.1, -0.05) is 0 Å². The standard InChI is InChI=1S/C9H16O4/c1-5-7-8(6(4-10)11-5)13-9(2,3)12-7/h5-8,10H,4H2,1-3H3/t5?,6-,7+,8-/m1/s1. The van der Waals surface area contributed by atoms with Crippen LogP contribution in [0.4, 0.5) is 0 Å². The van der Waals surface area contributed by atoms with Gasteiger partial charge in [-0.05, 0) is 20.8 Å². The highest BCUT2D eigenvalue weighted by Gasteiger charge is 2.53. The van der Waals surface area contributed by atoms with E-state index in [2.05, 4.69) is 0 Å². The number of fused-ring (bicyclic) bond motifs is 1. The Morgan fingerprint density at radius 1 is 1.23 bits per heavy atom. The molecule has 1 N–H and O–H groups in total. The maximum Gasteiger partial charge on any atom is 0.164 e. The van der Waals surface area contributed by atoms with Crippen LogP contribution in [0.15, 0.2) is 0 Å². The molecular weight excluding hydrogens is 172 g/mol. The molecule has 2 aliphatic heterocycles. The summed E-state index contributed by atoms with van der Waals surface area (Å²) >= 11 is 0. The Balaban J connectivity index is 2.12. The molecule has 0 spiro atoms. The molecule has 2 fully saturated rings. The first-order chi connectivity index (χ1) is 6.03. The van der Waals surface area contributed by atoms with Crippen LogP contribution in [0.5, 0.6) is 0 Å². The second kappa shape index (κ2) is 2.92. The molecule has 4 heteroatoms. The summed E-state index contributed by atoms with van der Waals surface area (Å²) in [5.74, 6) is -0.541. The first-order valence-corrected chi connectivity index (χ1v) is 4.65. The summed E-state index contributed by atoms with van der Waals surface area (Å²) in [7, 11) is 0. The van der Waals surface area contributed by atoms with E-state index in [0.29, 0.717) is 0 Å². The maximum absolute atomic E-state index is 9.04. The molecule has 0 aromatic carbocycles. The van der Waals surface area contributed by atoms with Gasteiger partial charge in [0, 0.05) is 0 Å². The normalized spacial score (nSPS) is 48.0. The molecule has 0 bridgehead atoms. The molecule has 76 valence electrons. The monoisotopic (exact) mass is 188 g/mol. The number of hydrogen-bond acceptors (Lipinski definition) is 4. The van der Waals surface area contributed by atoms with E-state index in [4.69, 9.17) is 19.3 Å². The number of aliphatic hydroxyl groups is 1. The van der Waals surface area contributed by atoms with Gasteiger partial charge in [0.25, 0.3) is 0 Å². The van der Waals surface area contributed by atoms with Crippen LogP contribution in [-0.4, -0.2) is 41.9 Å². The quantitative estimate of drug-likeness (QED) is 0.642. The first kappa shape index (κ1) is 9.40. The van der Waals surface area contributed by atoms with E-state index in [-0.39, 0.29) is 31.0 Å². The Bertz CT molecular complexity index is 204. The molecule has 4 atom stereocenters. The van der Waals surface area contributed by atoms with Gasteiger partial charge in [-0.25, -0.2) is 0 Å². The van der Waals surface area contributed by atoms with Crippen molar-refractivity contribution in [2.45, 2.75) is 51.0 Å². The average molecular weight is 188 g/mol. The Morgan fingerprint density at radius 2 is 1.85 bits per heavy atom. The van der Waals surface area contributed by atoms with Crippen LogP contribution in [0.1, 0.15) is 20.8 Å². The molecule has 2 rings (SSSR count). The second-order valence-electron chi connectivity index (χ2n) is 4.13. The van der Waals surface area contributed by atoms with Gasteiger partial charge in [0.1, 0.15) is 18.3 Å². The number of aliphatic hydroxyl groups excluding tert-OH is 1. The minimum absolute atomic E-state index is 0.00363. The Kier molecular flexibility index (Phi) is 2.11. The summed E-state index contributed by atoms with van der Waals surface area (Å²) < 4.78 is 16.8. The van der Waals surface area contributed by atoms with E-state index in [9.17, 15) is 0 Å². The fraction of sp³-hybridized carbons (Fsp3) is 1.00. The molecule has 1 unspecified atom stereocenters. The van der Waals surface area contributed by atoms with Crippen molar-refractivity contribution in [3.8, 4) is 0 Å². The molecule has 13 heavy (non-hydrogen) atoms. The lowest BCUT2D eigenvalue weighted by Crippen LogP contribution is -2.31. The van der Waals surface area contributed by atoms with Gasteiger partial charge in [-0.2, -0.15) is 0 Å². The minimum Gasteiger partial charge on any atom is -0.394 e. The summed E-state index contributed by atoms with van der Waals surface area (Å²) in [5.41, 5.74) is 0. The third kappa shape index (κ3) is 1.48. The molecule has 2 saturated heterocycles. The average Bonchev–Trinajstić information content (AvgIpc) is 2.47. The highest BCUT2D eigenvalue weighted by atomic mass is 16.8. The molecule has 4 nitrogen and oxygen atoms in total. The van der Waals surface area contributed by atoms with Crippen molar-refractivity contribution in [2.75, 3.05) is 6.61 Å². The van der Waals surface area contributed by atoms with E-state index in [1.165, 1.54) is 0 Å². The van der Waals surface area contributed by atoms with Crippen LogP contribution in [-0.2, 0) is 14.2 Å². The van der Waals surface area contributed by atoms with Crippen molar-refractivity contribution in [2.24, 2.45) is 0 Å². The lowest BCUT2D eigenvalue weighted by Gasteiger charge is -2.22. The molecule has 0 aliphatic carbocycles. The Hall–Kier alpha value is -0.160. The fourth-order valence-electron chi connectivity index (χ4n) is 2.05. The van der Waals surface area contributed by atoms with Gasteiger partial charge in [-0.3, -0.25) is 0 Å². The Labute approximate surface area is 77.8 Å². The van der Waals surface area contributed by atoms with E-state index in [1.54, 1.807) is 0 Å². The van der Waals surface area contributed by atoms with Gasteiger partial charge < -0.3 is 19.3 Å². The van der Waals surface area contributed by atoms with Crippen LogP contribution in [0.25, 0.3) is 0 Å². The molecule has 0 amide bonds. The lowest BCUT2D eigenvalue weighted by molar-refractivity contribution is -0.188. The molecule has 0 aromatic heterocycles. The van der Waals surface area contributed by atoms with Gasteiger partial charge in [0.2, 0.25) is 0 Å². The van der Waals surface area contributed by atoms with Crippen molar-refractivity contribution in [1.29, 1.82) is 0 Å². The molecular formula is C9H16O4. The zero-order valence-corrected chi connectivity index (χ0v) is 8.19. The predicted molar refractivity (Wildman–Crippen MR) is 45.2 cm³/mol. The first-order valence-electron chi connectivity index (χ1n) is 4.65. The number of ether oxygens (including phenoxy) is 3. The van der Waals surface area contributed by atoms with Gasteiger partial charge in [0.05, 0.1) is 12.7 Å². The molecule has 2 aliphatic rings. The van der Waals surface area contributed by atoms with Crippen molar-refractivity contribution in [3.63, 3.8) is 0 Å².